The molecule has 1 aliphatic rings. The summed E-state index contributed by atoms with van der Waals surface area (Å²) in [6.07, 6.45) is -5.74. The maximum atomic E-state index is 14.2. The molecule has 8 nitrogen and oxygen atoms in total. The first-order valence-electron chi connectivity index (χ1n) is 10.0. The molecule has 0 aliphatic carbocycles. The van der Waals surface area contributed by atoms with Gasteiger partial charge in [-0.05, 0) is 18.1 Å². The van der Waals surface area contributed by atoms with E-state index in [-0.39, 0.29) is 31.0 Å². The highest BCUT2D eigenvalue weighted by Gasteiger charge is 2.40. The molecule has 3 amide bonds. The minimum absolute atomic E-state index is 0.106. The van der Waals surface area contributed by atoms with E-state index < -0.39 is 66.1 Å². The normalized spacial score (nSPS) is 14.5. The fourth-order valence-electron chi connectivity index (χ4n) is 3.88. The molecule has 2 aromatic rings. The lowest BCUT2D eigenvalue weighted by molar-refractivity contribution is -0.148. The van der Waals surface area contributed by atoms with Crippen LogP contribution in [0.3, 0.4) is 0 Å². The molecule has 0 fully saturated rings. The highest BCUT2D eigenvalue weighted by Crippen LogP contribution is 2.29. The first kappa shape index (κ1) is 25.2. The Morgan fingerprint density at radius 2 is 1.62 bits per heavy atom. The van der Waals surface area contributed by atoms with E-state index in [2.05, 4.69) is 10.2 Å². The average Bonchev–Trinajstić information content (AvgIpc) is 3.15. The molecule has 1 unspecified atom stereocenters. The number of rotatable bonds is 5. The highest BCUT2D eigenvalue weighted by molar-refractivity contribution is 5.94. The molecule has 34 heavy (non-hydrogen) atoms. The van der Waals surface area contributed by atoms with Gasteiger partial charge in [0.2, 0.25) is 23.5 Å². The third-order valence-electron chi connectivity index (χ3n) is 5.36. The Bertz CT molecular complexity index is 1120. The summed E-state index contributed by atoms with van der Waals surface area (Å²) in [7, 11) is 0. The molecule has 1 aromatic carbocycles. The van der Waals surface area contributed by atoms with Gasteiger partial charge in [0.05, 0.1) is 12.6 Å². The fraction of sp³-hybridized carbons (Fsp3) is 0.450. The second kappa shape index (κ2) is 9.43. The molecule has 3 rings (SSSR count). The van der Waals surface area contributed by atoms with Crippen molar-refractivity contribution >= 4 is 17.7 Å². The Morgan fingerprint density at radius 1 is 1.00 bits per heavy atom. The van der Waals surface area contributed by atoms with Gasteiger partial charge in [0.15, 0.2) is 17.5 Å². The zero-order valence-corrected chi connectivity index (χ0v) is 18.0. The van der Waals surface area contributed by atoms with E-state index in [1.54, 1.807) is 0 Å². The summed E-state index contributed by atoms with van der Waals surface area (Å²) in [4.78, 5) is 38.9. The summed E-state index contributed by atoms with van der Waals surface area (Å²) in [5, 5.41) is 6.60. The lowest BCUT2D eigenvalue weighted by Crippen LogP contribution is -2.48. The second-order valence-corrected chi connectivity index (χ2v) is 7.73. The van der Waals surface area contributed by atoms with Crippen LogP contribution in [-0.4, -0.2) is 54.9 Å². The van der Waals surface area contributed by atoms with Gasteiger partial charge in [0.1, 0.15) is 5.82 Å². The number of carbonyl (C=O) groups excluding carboxylic acids is 3. The van der Waals surface area contributed by atoms with Gasteiger partial charge in [-0.3, -0.25) is 19.3 Å². The average molecular weight is 491 g/mol. The Hall–Kier alpha value is -3.45. The van der Waals surface area contributed by atoms with Gasteiger partial charge in [-0.1, -0.05) is 0 Å². The van der Waals surface area contributed by atoms with Crippen LogP contribution in [0.2, 0.25) is 0 Å². The maximum absolute atomic E-state index is 14.2. The van der Waals surface area contributed by atoms with Gasteiger partial charge < -0.3 is 9.47 Å². The molecular weight excluding hydrogens is 472 g/mol. The number of hydrogen-bond donors (Lipinski definition) is 0. The summed E-state index contributed by atoms with van der Waals surface area (Å²) >= 11 is 0. The highest BCUT2D eigenvalue weighted by atomic mass is 19.4. The van der Waals surface area contributed by atoms with E-state index in [1.165, 1.54) is 0 Å². The van der Waals surface area contributed by atoms with Crippen molar-refractivity contribution in [2.45, 2.75) is 52.0 Å². The van der Waals surface area contributed by atoms with E-state index in [1.807, 2.05) is 0 Å². The summed E-state index contributed by atoms with van der Waals surface area (Å²) in [5.74, 6) is -7.40. The van der Waals surface area contributed by atoms with Crippen molar-refractivity contribution in [3.8, 4) is 0 Å². The van der Waals surface area contributed by atoms with Crippen molar-refractivity contribution in [3.05, 3.63) is 46.8 Å². The molecule has 1 atom stereocenters. The van der Waals surface area contributed by atoms with Gasteiger partial charge in [0.25, 0.3) is 0 Å². The van der Waals surface area contributed by atoms with Gasteiger partial charge in [-0.25, -0.2) is 13.2 Å². The van der Waals surface area contributed by atoms with Crippen LogP contribution in [0.25, 0.3) is 0 Å². The van der Waals surface area contributed by atoms with Crippen LogP contribution >= 0.6 is 0 Å². The Balaban J connectivity index is 1.84. The summed E-state index contributed by atoms with van der Waals surface area (Å²) in [6.45, 7) is 1.40. The van der Waals surface area contributed by atoms with Crippen molar-refractivity contribution in [1.29, 1.82) is 0 Å². The van der Waals surface area contributed by atoms with E-state index in [0.29, 0.717) is 17.0 Å². The van der Waals surface area contributed by atoms with Crippen LogP contribution in [0.5, 0.6) is 0 Å². The topological polar surface area (TPSA) is 88.4 Å². The SMILES string of the molecule is CC(=O)N(C(C)=O)C(CC(=O)N1CCn2c(nnc2C(F)(F)F)C1)Cc1cc(F)c(F)cc1F. The first-order valence-corrected chi connectivity index (χ1v) is 10.0. The van der Waals surface area contributed by atoms with Crippen LogP contribution in [0.15, 0.2) is 12.1 Å². The van der Waals surface area contributed by atoms with Crippen molar-refractivity contribution in [2.24, 2.45) is 0 Å². The Labute approximate surface area is 189 Å². The summed E-state index contributed by atoms with van der Waals surface area (Å²) < 4.78 is 81.0. The Kier molecular flexibility index (Phi) is 6.98. The van der Waals surface area contributed by atoms with Gasteiger partial charge in [-0.15, -0.1) is 10.2 Å². The number of alkyl halides is 3. The van der Waals surface area contributed by atoms with Gasteiger partial charge in [-0.2, -0.15) is 13.2 Å². The smallest absolute Gasteiger partial charge is 0.333 e. The quantitative estimate of drug-likeness (QED) is 0.474. The van der Waals surface area contributed by atoms with Crippen molar-refractivity contribution in [2.75, 3.05) is 6.54 Å². The van der Waals surface area contributed by atoms with Gasteiger partial charge >= 0.3 is 6.18 Å². The number of hydrogen-bond acceptors (Lipinski definition) is 5. The number of benzene rings is 1. The van der Waals surface area contributed by atoms with Crippen molar-refractivity contribution < 1.29 is 40.7 Å². The van der Waals surface area contributed by atoms with E-state index in [4.69, 9.17) is 0 Å². The number of aromatic nitrogens is 3. The zero-order chi connectivity index (χ0) is 25.4. The lowest BCUT2D eigenvalue weighted by Gasteiger charge is -2.32. The van der Waals surface area contributed by atoms with E-state index in [0.717, 1.165) is 23.3 Å². The van der Waals surface area contributed by atoms with Crippen molar-refractivity contribution in [1.82, 2.24) is 24.6 Å². The molecule has 0 spiro atoms. The lowest BCUT2D eigenvalue weighted by atomic mass is 9.99. The molecule has 1 aromatic heterocycles. The summed E-state index contributed by atoms with van der Waals surface area (Å²) in [6, 6.07) is -0.374. The minimum Gasteiger partial charge on any atom is -0.333 e. The molecule has 0 radical (unpaired) electrons. The standard InChI is InChI=1S/C20H19F6N5O3/c1-10(32)31(11(2)33)13(5-12-6-15(22)16(23)8-14(12)21)7-18(34)29-3-4-30-17(9-29)27-28-19(30)20(24,25)26/h6,8,13H,3-5,7,9H2,1-2H3. The molecular formula is C20H19F6N5O3. The molecule has 0 N–H and O–H groups in total. The van der Waals surface area contributed by atoms with Crippen LogP contribution < -0.4 is 0 Å². The van der Waals surface area contributed by atoms with E-state index in [9.17, 15) is 40.7 Å². The minimum atomic E-state index is -4.72. The van der Waals surface area contributed by atoms with Crippen LogP contribution in [0.4, 0.5) is 26.3 Å². The van der Waals surface area contributed by atoms with Gasteiger partial charge in [0, 0.05) is 39.4 Å². The predicted molar refractivity (Wildman–Crippen MR) is 102 cm³/mol. The van der Waals surface area contributed by atoms with Crippen LogP contribution in [-0.2, 0) is 40.1 Å². The largest absolute Gasteiger partial charge is 0.451 e. The summed E-state index contributed by atoms with van der Waals surface area (Å²) in [5.41, 5.74) is -0.364. The number of nitrogens with zero attached hydrogens (tertiary/aromatic N) is 5. The molecule has 0 saturated heterocycles. The first-order chi connectivity index (χ1) is 15.8. The zero-order valence-electron chi connectivity index (χ0n) is 18.0. The third kappa shape index (κ3) is 5.20. The molecule has 184 valence electrons. The van der Waals surface area contributed by atoms with Crippen LogP contribution in [0.1, 0.15) is 37.5 Å². The molecule has 14 heteroatoms. The molecule has 2 heterocycles. The van der Waals surface area contributed by atoms with Crippen LogP contribution in [0, 0.1) is 17.5 Å². The Morgan fingerprint density at radius 3 is 2.21 bits per heavy atom. The monoisotopic (exact) mass is 491 g/mol. The number of imide groups is 1. The van der Waals surface area contributed by atoms with E-state index >= 15 is 0 Å². The second-order valence-electron chi connectivity index (χ2n) is 7.73. The fourth-order valence-corrected chi connectivity index (χ4v) is 3.88. The predicted octanol–water partition coefficient (Wildman–Crippen LogP) is 2.45. The number of carbonyl (C=O) groups is 3. The number of halogens is 6. The third-order valence-corrected chi connectivity index (χ3v) is 5.36. The molecule has 0 bridgehead atoms. The number of fused-ring (bicyclic) bond motifs is 1. The molecule has 0 saturated carbocycles. The molecule has 1 aliphatic heterocycles. The number of amides is 3. The maximum Gasteiger partial charge on any atom is 0.451 e. The van der Waals surface area contributed by atoms with Crippen molar-refractivity contribution in [3.63, 3.8) is 0 Å².